The molecular formula is C60H106N2O36P3-3. The van der Waals surface area contributed by atoms with E-state index < -0.39 is 141 Å². The fourth-order valence-electron chi connectivity index (χ4n) is 10.4. The standard InChI is InChI=1S/C60H109N2O36P3/c1-60(36-87-30-22-41(65)17-6-2-4-15-39(63)19-8-11-27-90-57-54(75)51(72)48(69)43(96-57)33-93-99(78,79)80,37-88-31-23-42(66)18-7-3-5-16-40(64)20-9-12-28-91-58-55(76)52(73)49(70)44(97-58)34-94-100(81,82)83)38-89-32-24-47(68)62-26-14-25-61-46(67)21-10-13-29-92-59-56(77)53(74)50(71)45(98-59)35-95-101(84,85)86/h43-45,48-59,69-77H,2-38H2,1H3,(H,61,67)(H,62,68)(H2,78,79,80)(H2,81,82,83)(H2,84,85,86)/p-3. The maximum atomic E-state index is 12.8. The van der Waals surface area contributed by atoms with Crippen LogP contribution in [0.1, 0.15) is 155 Å². The zero-order valence-electron chi connectivity index (χ0n) is 56.8. The number of phosphoric ester groups is 3. The van der Waals surface area contributed by atoms with Crippen molar-refractivity contribution in [3.05, 3.63) is 0 Å². The van der Waals surface area contributed by atoms with E-state index >= 15 is 0 Å². The number of rotatable bonds is 58. The number of unbranched alkanes of at least 4 members (excludes halogenated alkanes) is 7. The predicted octanol–water partition coefficient (Wildman–Crippen LogP) is -3.57. The maximum Gasteiger partial charge on any atom is 0.265 e. The van der Waals surface area contributed by atoms with Crippen LogP contribution in [-0.4, -0.2) is 280 Å². The molecule has 3 rings (SSSR count). The Morgan fingerprint density at radius 2 is 0.624 bits per heavy atom. The zero-order chi connectivity index (χ0) is 75.2. The van der Waals surface area contributed by atoms with Gasteiger partial charge >= 0.3 is 0 Å². The lowest BCUT2D eigenvalue weighted by atomic mass is 9.94. The van der Waals surface area contributed by atoms with Crippen LogP contribution in [0, 0.1) is 5.41 Å². The minimum Gasteiger partial charge on any atom is -0.756 e. The van der Waals surface area contributed by atoms with E-state index in [1.165, 1.54) is 0 Å². The van der Waals surface area contributed by atoms with Crippen LogP contribution < -0.4 is 25.3 Å². The maximum absolute atomic E-state index is 12.8. The van der Waals surface area contributed by atoms with E-state index in [2.05, 4.69) is 24.2 Å². The number of hydrogen-bond acceptors (Lipinski definition) is 33. The molecule has 2 amide bonds. The van der Waals surface area contributed by atoms with Crippen molar-refractivity contribution >= 4 is 58.4 Å². The molecule has 590 valence electrons. The van der Waals surface area contributed by atoms with Gasteiger partial charge in [0.25, 0.3) is 23.5 Å². The SMILES string of the molecule is CC(COCCC(=O)CCCCCC(=O)CCCCOC1OC(COP(=O)([O-])O)C(O)C(O)C1O)(COCCC(=O)CCCCCC(=O)CCCCOC1OC(COP(=O)([O-])O)C(O)C(O)C1O)COCCC(=O)NCCCNC(=O)CCCCOC1OC(COP(=O)([O-])O)C(O)C(O)C1O. The third-order valence-electron chi connectivity index (χ3n) is 16.3. The normalized spacial score (nSPS) is 27.9. The topological polar surface area (TPSA) is 600 Å². The third kappa shape index (κ3) is 40.7. The molecule has 0 aromatic rings. The minimum atomic E-state index is -5.17. The van der Waals surface area contributed by atoms with Crippen molar-refractivity contribution < 1.29 is 174 Å². The molecule has 3 heterocycles. The molecule has 101 heavy (non-hydrogen) atoms. The van der Waals surface area contributed by atoms with Gasteiger partial charge in [-0.05, 0) is 70.6 Å². The molecule has 14 N–H and O–H groups in total. The van der Waals surface area contributed by atoms with Crippen LogP contribution in [0.15, 0.2) is 0 Å². The first kappa shape index (κ1) is 92.4. The van der Waals surface area contributed by atoms with Crippen LogP contribution in [0.5, 0.6) is 0 Å². The van der Waals surface area contributed by atoms with E-state index in [0.29, 0.717) is 83.5 Å². The summed E-state index contributed by atoms with van der Waals surface area (Å²) < 4.78 is 95.5. The smallest absolute Gasteiger partial charge is 0.265 e. The Hall–Kier alpha value is -2.77. The van der Waals surface area contributed by atoms with Gasteiger partial charge in [-0.25, -0.2) is 0 Å². The summed E-state index contributed by atoms with van der Waals surface area (Å²) in [5.41, 5.74) is -0.783. The summed E-state index contributed by atoms with van der Waals surface area (Å²) in [5, 5.41) is 96.6. The summed E-state index contributed by atoms with van der Waals surface area (Å²) in [4.78, 5) is 135. The van der Waals surface area contributed by atoms with Gasteiger partial charge in [-0.3, -0.25) is 42.5 Å². The molecule has 0 spiro atoms. The van der Waals surface area contributed by atoms with E-state index in [0.717, 1.165) is 0 Å². The fourth-order valence-corrected chi connectivity index (χ4v) is 11.4. The van der Waals surface area contributed by atoms with E-state index in [4.69, 9.17) is 57.3 Å². The number of carbonyl (C=O) groups excluding carboxylic acids is 6. The Kier molecular flexibility index (Phi) is 45.1. The van der Waals surface area contributed by atoms with Crippen molar-refractivity contribution in [3.8, 4) is 0 Å². The number of phosphoric acid groups is 3. The van der Waals surface area contributed by atoms with Crippen LogP contribution >= 0.6 is 23.5 Å². The molecule has 0 aliphatic carbocycles. The van der Waals surface area contributed by atoms with Crippen LogP contribution in [0.2, 0.25) is 0 Å². The van der Waals surface area contributed by atoms with Gasteiger partial charge in [0.05, 0.1) is 59.5 Å². The number of ether oxygens (including phenoxy) is 9. The molecule has 0 saturated carbocycles. The molecule has 41 heteroatoms. The number of aliphatic hydroxyl groups is 9. The Balaban J connectivity index is 1.33. The molecule has 3 aliphatic rings. The van der Waals surface area contributed by atoms with Gasteiger partial charge in [-0.2, -0.15) is 0 Å². The average Bonchev–Trinajstić information content (AvgIpc) is 0.830. The molecule has 0 aromatic heterocycles. The summed E-state index contributed by atoms with van der Waals surface area (Å²) in [6.45, 7) is 0.191. The number of hydrogen-bond donors (Lipinski definition) is 14. The summed E-state index contributed by atoms with van der Waals surface area (Å²) in [7, 11) is -15.5. The first-order valence-corrected chi connectivity index (χ1v) is 38.4. The van der Waals surface area contributed by atoms with E-state index in [-0.39, 0.29) is 172 Å². The quantitative estimate of drug-likeness (QED) is 0.0207. The molecule has 3 saturated heterocycles. The Morgan fingerprint density at radius 3 is 0.931 bits per heavy atom. The van der Waals surface area contributed by atoms with Gasteiger partial charge in [0, 0.05) is 103 Å². The van der Waals surface area contributed by atoms with Gasteiger partial charge in [0.2, 0.25) is 11.8 Å². The van der Waals surface area contributed by atoms with Crippen molar-refractivity contribution in [2.45, 2.75) is 247 Å². The number of amides is 2. The van der Waals surface area contributed by atoms with Gasteiger partial charge < -0.3 is 142 Å². The van der Waals surface area contributed by atoms with E-state index in [9.17, 15) is 103 Å². The van der Waals surface area contributed by atoms with E-state index in [1.54, 1.807) is 0 Å². The second-order valence-electron chi connectivity index (χ2n) is 25.4. The van der Waals surface area contributed by atoms with Crippen LogP contribution in [-0.2, 0) is 98.7 Å². The monoisotopic (exact) mass is 1520 g/mol. The number of aliphatic hydroxyl groups excluding tert-OH is 9. The largest absolute Gasteiger partial charge is 0.756 e. The summed E-state index contributed by atoms with van der Waals surface area (Å²) in [6, 6.07) is 0. The van der Waals surface area contributed by atoms with Crippen LogP contribution in [0.25, 0.3) is 0 Å². The number of nitrogens with one attached hydrogen (secondary N) is 2. The van der Waals surface area contributed by atoms with Crippen molar-refractivity contribution in [2.75, 3.05) is 92.4 Å². The first-order valence-electron chi connectivity index (χ1n) is 33.9. The van der Waals surface area contributed by atoms with Crippen molar-refractivity contribution in [3.63, 3.8) is 0 Å². The molecule has 0 radical (unpaired) electrons. The van der Waals surface area contributed by atoms with Gasteiger partial charge in [-0.15, -0.1) is 0 Å². The van der Waals surface area contributed by atoms with Gasteiger partial charge in [0.15, 0.2) is 18.9 Å². The molecule has 38 nitrogen and oxygen atoms in total. The summed E-state index contributed by atoms with van der Waals surface area (Å²) >= 11 is 0. The third-order valence-corrected chi connectivity index (χ3v) is 17.7. The summed E-state index contributed by atoms with van der Waals surface area (Å²) in [5.74, 6) is -0.704. The van der Waals surface area contributed by atoms with Gasteiger partial charge in [0.1, 0.15) is 96.4 Å². The molecule has 3 fully saturated rings. The first-order chi connectivity index (χ1) is 47.6. The molecule has 0 bridgehead atoms. The van der Waals surface area contributed by atoms with Crippen molar-refractivity contribution in [1.82, 2.24) is 10.6 Å². The molecular weight excluding hydrogens is 1420 g/mol. The lowest BCUT2D eigenvalue weighted by molar-refractivity contribution is -0.303. The highest BCUT2D eigenvalue weighted by molar-refractivity contribution is 7.45. The van der Waals surface area contributed by atoms with Crippen LogP contribution in [0.3, 0.4) is 0 Å². The predicted molar refractivity (Wildman–Crippen MR) is 338 cm³/mol. The number of ketones is 4. The van der Waals surface area contributed by atoms with E-state index in [1.807, 2.05) is 6.92 Å². The average molecular weight is 1520 g/mol. The lowest BCUT2D eigenvalue weighted by Crippen LogP contribution is -2.59. The highest BCUT2D eigenvalue weighted by Gasteiger charge is 2.47. The van der Waals surface area contributed by atoms with Gasteiger partial charge in [-0.1, -0.05) is 19.8 Å². The Labute approximate surface area is 585 Å². The summed E-state index contributed by atoms with van der Waals surface area (Å²) in [6.07, 6.45) is -16.2. The fraction of sp³-hybridized carbons (Fsp3) is 0.900. The Morgan fingerprint density at radius 1 is 0.356 bits per heavy atom. The lowest BCUT2D eigenvalue weighted by Gasteiger charge is -2.40. The number of Topliss-reactive ketones (excluding diaryl/α,β-unsaturated/α-hetero) is 4. The van der Waals surface area contributed by atoms with Crippen molar-refractivity contribution in [1.29, 1.82) is 0 Å². The molecule has 18 atom stereocenters. The molecule has 0 aromatic carbocycles. The second kappa shape index (κ2) is 49.2. The second-order valence-corrected chi connectivity index (χ2v) is 29.0. The molecule has 3 aliphatic heterocycles. The highest BCUT2D eigenvalue weighted by atomic mass is 31.2. The zero-order valence-corrected chi connectivity index (χ0v) is 59.5. The van der Waals surface area contributed by atoms with Crippen LogP contribution in [0.4, 0.5) is 0 Å². The Bertz CT molecular complexity index is 2280. The minimum absolute atomic E-state index is 0.00396. The van der Waals surface area contributed by atoms with Crippen molar-refractivity contribution in [2.24, 2.45) is 5.41 Å². The number of carbonyl (C=O) groups is 6. The molecule has 18 unspecified atom stereocenters. The highest BCUT2D eigenvalue weighted by Crippen LogP contribution is 2.35.